The molecule has 0 fully saturated rings. The smallest absolute Gasteiger partial charge is 0.0205 e. The topological polar surface area (TPSA) is 0 Å². The van der Waals surface area contributed by atoms with Crippen LogP contribution >= 0.6 is 22.6 Å². The number of rotatable bonds is 1. The molecule has 0 aliphatic rings. The number of hydrogen-bond donors (Lipinski definition) is 0. The van der Waals surface area contributed by atoms with Gasteiger partial charge in [-0.05, 0) is 16.6 Å². The van der Waals surface area contributed by atoms with E-state index in [9.17, 15) is 0 Å². The van der Waals surface area contributed by atoms with Crippen molar-refractivity contribution in [2.45, 2.75) is 6.92 Å². The summed E-state index contributed by atoms with van der Waals surface area (Å²) in [5.74, 6) is 0. The van der Waals surface area contributed by atoms with Crippen LogP contribution in [0.1, 0.15) is 6.92 Å². The summed E-state index contributed by atoms with van der Waals surface area (Å²) in [7, 11) is 0. The van der Waals surface area contributed by atoms with Crippen molar-refractivity contribution >= 4 is 22.6 Å². The number of halogens is 1. The molecule has 0 spiro atoms. The zero-order valence-electron chi connectivity index (χ0n) is 3.74. The second-order valence-electron chi connectivity index (χ2n) is 1.06. The molecule has 0 saturated heterocycles. The Hall–Kier alpha value is 0.210. The van der Waals surface area contributed by atoms with Crippen molar-refractivity contribution in [2.24, 2.45) is 0 Å². The van der Waals surface area contributed by atoms with Crippen LogP contribution in [0.2, 0.25) is 0 Å². The van der Waals surface area contributed by atoms with Crippen molar-refractivity contribution in [3.63, 3.8) is 0 Å². The Morgan fingerprint density at radius 1 is 1.83 bits per heavy atom. The number of hydrogen-bond acceptors (Lipinski definition) is 0. The van der Waals surface area contributed by atoms with E-state index in [1.807, 2.05) is 17.1 Å². The van der Waals surface area contributed by atoms with E-state index in [2.05, 4.69) is 29.2 Å². The van der Waals surface area contributed by atoms with E-state index in [1.165, 1.54) is 5.57 Å². The van der Waals surface area contributed by atoms with Gasteiger partial charge in [0.05, 0.1) is 0 Å². The Labute approximate surface area is 52.1 Å². The highest BCUT2D eigenvalue weighted by molar-refractivity contribution is 14.1. The summed E-state index contributed by atoms with van der Waals surface area (Å²) in [5, 5.41) is 0. The second kappa shape index (κ2) is 3.40. The largest absolute Gasteiger partial charge is 0.0988 e. The van der Waals surface area contributed by atoms with Gasteiger partial charge in [-0.3, -0.25) is 0 Å². The predicted octanol–water partition coefficient (Wildman–Crippen LogP) is 2.51. The lowest BCUT2D eigenvalue weighted by atomic mass is 10.4. The fourth-order valence-corrected chi connectivity index (χ4v) is 0.299. The average molecular weight is 194 g/mol. The standard InChI is InChI=1S/C5H7I/c1-3-5(2)4-6/h3-4H,1H2,2H3/b5-4-. The third-order valence-corrected chi connectivity index (χ3v) is 1.48. The number of allylic oxidation sites excluding steroid dienone is 2. The van der Waals surface area contributed by atoms with Gasteiger partial charge in [0.25, 0.3) is 0 Å². The van der Waals surface area contributed by atoms with Gasteiger partial charge in [-0.2, -0.15) is 0 Å². The van der Waals surface area contributed by atoms with Crippen molar-refractivity contribution in [1.82, 2.24) is 0 Å². The first-order chi connectivity index (χ1) is 2.81. The van der Waals surface area contributed by atoms with E-state index in [4.69, 9.17) is 0 Å². The van der Waals surface area contributed by atoms with E-state index >= 15 is 0 Å². The molecular weight excluding hydrogens is 187 g/mol. The Morgan fingerprint density at radius 3 is 2.33 bits per heavy atom. The molecule has 0 aromatic rings. The molecule has 34 valence electrons. The van der Waals surface area contributed by atoms with Crippen molar-refractivity contribution in [3.8, 4) is 0 Å². The molecule has 0 heterocycles. The minimum absolute atomic E-state index is 1.22. The summed E-state index contributed by atoms with van der Waals surface area (Å²) in [5.41, 5.74) is 1.22. The summed E-state index contributed by atoms with van der Waals surface area (Å²) < 4.78 is 1.99. The van der Waals surface area contributed by atoms with Crippen LogP contribution in [0.3, 0.4) is 0 Å². The maximum Gasteiger partial charge on any atom is -0.0205 e. The van der Waals surface area contributed by atoms with Crippen LogP contribution in [0.5, 0.6) is 0 Å². The van der Waals surface area contributed by atoms with Gasteiger partial charge in [0, 0.05) is 0 Å². The molecule has 0 rings (SSSR count). The quantitative estimate of drug-likeness (QED) is 0.444. The summed E-state index contributed by atoms with van der Waals surface area (Å²) >= 11 is 2.18. The van der Waals surface area contributed by atoms with E-state index in [0.29, 0.717) is 0 Å². The normalized spacial score (nSPS) is 11.3. The summed E-state index contributed by atoms with van der Waals surface area (Å²) in [4.78, 5) is 0. The van der Waals surface area contributed by atoms with Gasteiger partial charge in [-0.1, -0.05) is 35.2 Å². The van der Waals surface area contributed by atoms with Crippen LogP contribution < -0.4 is 0 Å². The van der Waals surface area contributed by atoms with Crippen molar-refractivity contribution in [2.75, 3.05) is 0 Å². The monoisotopic (exact) mass is 194 g/mol. The summed E-state index contributed by atoms with van der Waals surface area (Å²) in [6.07, 6.45) is 1.83. The van der Waals surface area contributed by atoms with Crippen molar-refractivity contribution < 1.29 is 0 Å². The van der Waals surface area contributed by atoms with Crippen LogP contribution in [-0.4, -0.2) is 0 Å². The molecule has 6 heavy (non-hydrogen) atoms. The minimum atomic E-state index is 1.22. The van der Waals surface area contributed by atoms with Crippen LogP contribution in [0.25, 0.3) is 0 Å². The Morgan fingerprint density at radius 2 is 2.33 bits per heavy atom. The lowest BCUT2D eigenvalue weighted by Crippen LogP contribution is -1.54. The lowest BCUT2D eigenvalue weighted by molar-refractivity contribution is 1.57. The molecule has 0 aliphatic heterocycles. The van der Waals surface area contributed by atoms with Gasteiger partial charge in [0.1, 0.15) is 0 Å². The molecule has 0 atom stereocenters. The molecule has 0 aromatic carbocycles. The lowest BCUT2D eigenvalue weighted by Gasteiger charge is -1.77. The van der Waals surface area contributed by atoms with Gasteiger partial charge in [0.2, 0.25) is 0 Å². The van der Waals surface area contributed by atoms with Gasteiger partial charge < -0.3 is 0 Å². The molecule has 0 unspecified atom stereocenters. The fraction of sp³-hybridized carbons (Fsp3) is 0.200. The molecule has 1 heteroatoms. The fourth-order valence-electron chi connectivity index (χ4n) is 0.0445. The molecule has 0 N–H and O–H groups in total. The Bertz CT molecular complexity index is 72.0. The molecule has 0 nitrogen and oxygen atoms in total. The minimum Gasteiger partial charge on any atom is -0.0988 e. The van der Waals surface area contributed by atoms with Crippen LogP contribution in [0.15, 0.2) is 22.3 Å². The van der Waals surface area contributed by atoms with Gasteiger partial charge in [-0.25, -0.2) is 0 Å². The maximum atomic E-state index is 3.56. The van der Waals surface area contributed by atoms with E-state index in [0.717, 1.165) is 0 Å². The summed E-state index contributed by atoms with van der Waals surface area (Å²) in [6.45, 7) is 5.57. The maximum absolute atomic E-state index is 3.56. The molecule has 0 aliphatic carbocycles. The van der Waals surface area contributed by atoms with Crippen molar-refractivity contribution in [3.05, 3.63) is 22.3 Å². The SMILES string of the molecule is C=C/C(C)=C\I. The zero-order chi connectivity index (χ0) is 4.99. The van der Waals surface area contributed by atoms with Gasteiger partial charge in [-0.15, -0.1) is 0 Å². The first-order valence-corrected chi connectivity index (χ1v) is 2.95. The molecular formula is C5H7I. The zero-order valence-corrected chi connectivity index (χ0v) is 5.90. The van der Waals surface area contributed by atoms with Crippen molar-refractivity contribution in [1.29, 1.82) is 0 Å². The molecule has 0 amide bonds. The Balaban J connectivity index is 3.50. The highest BCUT2D eigenvalue weighted by atomic mass is 127. The average Bonchev–Trinajstić information content (AvgIpc) is 1.65. The van der Waals surface area contributed by atoms with Gasteiger partial charge in [0.15, 0.2) is 0 Å². The molecule has 0 saturated carbocycles. The van der Waals surface area contributed by atoms with E-state index in [1.54, 1.807) is 0 Å². The van der Waals surface area contributed by atoms with E-state index in [-0.39, 0.29) is 0 Å². The van der Waals surface area contributed by atoms with Crippen LogP contribution in [0.4, 0.5) is 0 Å². The van der Waals surface area contributed by atoms with Crippen LogP contribution in [0, 0.1) is 0 Å². The summed E-state index contributed by atoms with van der Waals surface area (Å²) in [6, 6.07) is 0. The molecule has 0 radical (unpaired) electrons. The molecule has 0 bridgehead atoms. The van der Waals surface area contributed by atoms with Gasteiger partial charge >= 0.3 is 0 Å². The third kappa shape index (κ3) is 2.45. The Kier molecular flexibility index (Phi) is 3.52. The third-order valence-electron chi connectivity index (χ3n) is 0.494. The first kappa shape index (κ1) is 6.21. The highest BCUT2D eigenvalue weighted by Crippen LogP contribution is 1.95. The van der Waals surface area contributed by atoms with E-state index < -0.39 is 0 Å². The van der Waals surface area contributed by atoms with Crippen LogP contribution in [-0.2, 0) is 0 Å². The molecule has 0 aromatic heterocycles. The second-order valence-corrected chi connectivity index (χ2v) is 1.68. The first-order valence-electron chi connectivity index (χ1n) is 1.70. The highest BCUT2D eigenvalue weighted by Gasteiger charge is 1.68. The predicted molar refractivity (Wildman–Crippen MR) is 38.0 cm³/mol.